The van der Waals surface area contributed by atoms with Crippen molar-refractivity contribution in [3.8, 4) is 5.75 Å². The number of aromatic nitrogens is 1. The average Bonchev–Trinajstić information content (AvgIpc) is 2.79. The second-order valence-corrected chi connectivity index (χ2v) is 5.81. The standard InChI is InChI=1S/C16H18N2O/c1-16(2,3)18-15(12-7-5-4-6-8-12)13-9-10-17-11-14(13)19-18/h4-11,15H,1-3H3. The van der Waals surface area contributed by atoms with Crippen LogP contribution in [0.1, 0.15) is 37.9 Å². The zero-order chi connectivity index (χ0) is 13.5. The molecule has 3 heteroatoms. The normalized spacial score (nSPS) is 19.0. The van der Waals surface area contributed by atoms with Crippen LogP contribution >= 0.6 is 0 Å². The van der Waals surface area contributed by atoms with E-state index in [4.69, 9.17) is 4.84 Å². The van der Waals surface area contributed by atoms with Crippen molar-refractivity contribution < 1.29 is 4.84 Å². The molecule has 1 aromatic carbocycles. The molecule has 0 spiro atoms. The van der Waals surface area contributed by atoms with Crippen LogP contribution in [0, 0.1) is 0 Å². The van der Waals surface area contributed by atoms with Gasteiger partial charge in [0.1, 0.15) is 6.04 Å². The molecule has 3 rings (SSSR count). The number of benzene rings is 1. The van der Waals surface area contributed by atoms with Gasteiger partial charge in [-0.2, -0.15) is 0 Å². The van der Waals surface area contributed by atoms with E-state index >= 15 is 0 Å². The molecule has 1 aliphatic heterocycles. The molecule has 0 bridgehead atoms. The molecule has 0 saturated carbocycles. The lowest BCUT2D eigenvalue weighted by molar-refractivity contribution is -0.129. The third-order valence-corrected chi connectivity index (χ3v) is 3.32. The van der Waals surface area contributed by atoms with Crippen LogP contribution in [0.25, 0.3) is 0 Å². The third-order valence-electron chi connectivity index (χ3n) is 3.32. The molecule has 1 aromatic heterocycles. The molecule has 0 saturated heterocycles. The lowest BCUT2D eigenvalue weighted by Crippen LogP contribution is -2.43. The van der Waals surface area contributed by atoms with E-state index in [1.54, 1.807) is 6.20 Å². The summed E-state index contributed by atoms with van der Waals surface area (Å²) in [4.78, 5) is 10.2. The first-order valence-corrected chi connectivity index (χ1v) is 6.53. The molecule has 98 valence electrons. The molecule has 1 aliphatic rings. The highest BCUT2D eigenvalue weighted by atomic mass is 16.7. The Morgan fingerprint density at radius 3 is 2.53 bits per heavy atom. The van der Waals surface area contributed by atoms with Gasteiger partial charge in [-0.1, -0.05) is 30.3 Å². The topological polar surface area (TPSA) is 25.4 Å². The predicted molar refractivity (Wildman–Crippen MR) is 74.7 cm³/mol. The smallest absolute Gasteiger partial charge is 0.171 e. The van der Waals surface area contributed by atoms with Gasteiger partial charge in [-0.15, -0.1) is 5.06 Å². The monoisotopic (exact) mass is 254 g/mol. The Balaban J connectivity index is 2.11. The SMILES string of the molecule is CC(C)(C)N1Oc2cnccc2C1c1ccccc1. The molecule has 1 atom stereocenters. The maximum Gasteiger partial charge on any atom is 0.171 e. The van der Waals surface area contributed by atoms with E-state index in [-0.39, 0.29) is 11.6 Å². The fraction of sp³-hybridized carbons (Fsp3) is 0.312. The van der Waals surface area contributed by atoms with Crippen molar-refractivity contribution in [2.75, 3.05) is 0 Å². The molecule has 0 fully saturated rings. The van der Waals surface area contributed by atoms with E-state index in [1.807, 2.05) is 18.3 Å². The van der Waals surface area contributed by atoms with Gasteiger partial charge in [-0.05, 0) is 32.4 Å². The van der Waals surface area contributed by atoms with E-state index < -0.39 is 0 Å². The second kappa shape index (κ2) is 4.35. The molecule has 19 heavy (non-hydrogen) atoms. The van der Waals surface area contributed by atoms with Crippen LogP contribution in [-0.4, -0.2) is 15.6 Å². The Labute approximate surface area is 113 Å². The fourth-order valence-electron chi connectivity index (χ4n) is 2.45. The van der Waals surface area contributed by atoms with Gasteiger partial charge in [-0.25, -0.2) is 0 Å². The number of rotatable bonds is 1. The Morgan fingerprint density at radius 1 is 1.11 bits per heavy atom. The highest BCUT2D eigenvalue weighted by Crippen LogP contribution is 2.44. The fourth-order valence-corrected chi connectivity index (χ4v) is 2.45. The first-order chi connectivity index (χ1) is 9.07. The maximum absolute atomic E-state index is 6.01. The minimum absolute atomic E-state index is 0.0838. The Hall–Kier alpha value is -1.87. The van der Waals surface area contributed by atoms with Crippen molar-refractivity contribution in [2.45, 2.75) is 32.4 Å². The van der Waals surface area contributed by atoms with E-state index in [0.29, 0.717) is 0 Å². The quantitative estimate of drug-likeness (QED) is 0.777. The summed E-state index contributed by atoms with van der Waals surface area (Å²) >= 11 is 0. The minimum atomic E-state index is -0.0838. The summed E-state index contributed by atoms with van der Waals surface area (Å²) in [6, 6.07) is 12.6. The van der Waals surface area contributed by atoms with Crippen LogP contribution in [0.5, 0.6) is 5.75 Å². The third kappa shape index (κ3) is 2.10. The summed E-state index contributed by atoms with van der Waals surface area (Å²) in [6.45, 7) is 6.47. The van der Waals surface area contributed by atoms with Gasteiger partial charge in [0.2, 0.25) is 0 Å². The Kier molecular flexibility index (Phi) is 2.79. The van der Waals surface area contributed by atoms with Crippen LogP contribution in [0.2, 0.25) is 0 Å². The number of hydroxylamine groups is 2. The van der Waals surface area contributed by atoms with Crippen molar-refractivity contribution in [3.05, 3.63) is 59.9 Å². The molecular formula is C16H18N2O. The van der Waals surface area contributed by atoms with E-state index in [0.717, 1.165) is 5.75 Å². The summed E-state index contributed by atoms with van der Waals surface area (Å²) in [5.41, 5.74) is 2.33. The zero-order valence-electron chi connectivity index (χ0n) is 11.5. The van der Waals surface area contributed by atoms with Crippen molar-refractivity contribution in [3.63, 3.8) is 0 Å². The lowest BCUT2D eigenvalue weighted by Gasteiger charge is -2.34. The number of hydrogen-bond acceptors (Lipinski definition) is 3. The lowest BCUT2D eigenvalue weighted by atomic mass is 9.96. The first kappa shape index (κ1) is 12.2. The number of hydrogen-bond donors (Lipinski definition) is 0. The van der Waals surface area contributed by atoms with Gasteiger partial charge >= 0.3 is 0 Å². The minimum Gasteiger partial charge on any atom is -0.403 e. The van der Waals surface area contributed by atoms with Crippen LogP contribution in [0.4, 0.5) is 0 Å². The number of pyridine rings is 1. The molecule has 0 amide bonds. The van der Waals surface area contributed by atoms with Gasteiger partial charge in [0.25, 0.3) is 0 Å². The molecule has 1 unspecified atom stereocenters. The van der Waals surface area contributed by atoms with Crippen molar-refractivity contribution in [1.82, 2.24) is 10.0 Å². The highest BCUT2D eigenvalue weighted by molar-refractivity contribution is 5.42. The first-order valence-electron chi connectivity index (χ1n) is 6.53. The summed E-state index contributed by atoms with van der Waals surface area (Å²) in [5.74, 6) is 0.853. The van der Waals surface area contributed by atoms with Crippen LogP contribution in [0.15, 0.2) is 48.8 Å². The van der Waals surface area contributed by atoms with Crippen LogP contribution in [0.3, 0.4) is 0 Å². The van der Waals surface area contributed by atoms with Crippen LogP contribution in [-0.2, 0) is 0 Å². The Morgan fingerprint density at radius 2 is 1.84 bits per heavy atom. The molecule has 0 aliphatic carbocycles. The molecule has 3 nitrogen and oxygen atoms in total. The largest absolute Gasteiger partial charge is 0.403 e. The summed E-state index contributed by atoms with van der Waals surface area (Å²) in [7, 11) is 0. The van der Waals surface area contributed by atoms with Crippen molar-refractivity contribution in [1.29, 1.82) is 0 Å². The highest BCUT2D eigenvalue weighted by Gasteiger charge is 2.40. The van der Waals surface area contributed by atoms with Gasteiger partial charge in [0.05, 0.1) is 6.20 Å². The molecular weight excluding hydrogens is 236 g/mol. The van der Waals surface area contributed by atoms with Gasteiger partial charge in [-0.3, -0.25) is 4.98 Å². The summed E-state index contributed by atoms with van der Waals surface area (Å²) in [6.07, 6.45) is 3.61. The van der Waals surface area contributed by atoms with Gasteiger partial charge in [0.15, 0.2) is 5.75 Å². The summed E-state index contributed by atoms with van der Waals surface area (Å²) in [5, 5.41) is 2.05. The van der Waals surface area contributed by atoms with E-state index in [2.05, 4.69) is 55.1 Å². The van der Waals surface area contributed by atoms with Crippen molar-refractivity contribution in [2.24, 2.45) is 0 Å². The zero-order valence-corrected chi connectivity index (χ0v) is 11.5. The van der Waals surface area contributed by atoms with E-state index in [1.165, 1.54) is 11.1 Å². The average molecular weight is 254 g/mol. The summed E-state index contributed by atoms with van der Waals surface area (Å²) < 4.78 is 0. The number of fused-ring (bicyclic) bond motifs is 1. The van der Waals surface area contributed by atoms with Crippen LogP contribution < -0.4 is 4.84 Å². The Bertz CT molecular complexity index is 575. The maximum atomic E-state index is 6.01. The molecule has 0 radical (unpaired) electrons. The predicted octanol–water partition coefficient (Wildman–Crippen LogP) is 3.58. The molecule has 2 aromatic rings. The van der Waals surface area contributed by atoms with Gasteiger partial charge < -0.3 is 4.84 Å². The molecule has 2 heterocycles. The van der Waals surface area contributed by atoms with Crippen molar-refractivity contribution >= 4 is 0 Å². The van der Waals surface area contributed by atoms with E-state index in [9.17, 15) is 0 Å². The number of nitrogens with zero attached hydrogens (tertiary/aromatic N) is 2. The second-order valence-electron chi connectivity index (χ2n) is 5.81. The van der Waals surface area contributed by atoms with Gasteiger partial charge in [0, 0.05) is 17.3 Å². The molecule has 0 N–H and O–H groups in total.